The number of pyridine rings is 1. The number of anilines is 1. The van der Waals surface area contributed by atoms with Gasteiger partial charge in [-0.3, -0.25) is 4.79 Å². The average Bonchev–Trinajstić information content (AvgIpc) is 2.78. The van der Waals surface area contributed by atoms with Crippen LogP contribution in [0.2, 0.25) is 0 Å². The molecule has 0 aliphatic carbocycles. The Morgan fingerprint density at radius 3 is 2.86 bits per heavy atom. The average molecular weight is 296 g/mol. The van der Waals surface area contributed by atoms with E-state index in [0.29, 0.717) is 11.3 Å². The zero-order valence-electron chi connectivity index (χ0n) is 12.6. The number of carbonyl (C=O) groups excluding carboxylic acids is 1. The molecule has 3 rings (SSSR count). The van der Waals surface area contributed by atoms with Gasteiger partial charge in [-0.1, -0.05) is 12.1 Å². The molecule has 1 aromatic carbocycles. The SMILES string of the molecule is CC(=O)Nc1cnc2c(c1)c(-c1cccc(O)c1C)nn2C. The number of nitrogens with one attached hydrogen (secondary N) is 1. The van der Waals surface area contributed by atoms with Crippen LogP contribution in [0.5, 0.6) is 5.75 Å². The van der Waals surface area contributed by atoms with Gasteiger partial charge >= 0.3 is 0 Å². The van der Waals surface area contributed by atoms with Gasteiger partial charge in [0.25, 0.3) is 0 Å². The van der Waals surface area contributed by atoms with E-state index in [1.807, 2.05) is 26.1 Å². The maximum Gasteiger partial charge on any atom is 0.221 e. The molecule has 2 aromatic heterocycles. The van der Waals surface area contributed by atoms with E-state index in [1.54, 1.807) is 23.0 Å². The van der Waals surface area contributed by atoms with Crippen molar-refractivity contribution in [2.24, 2.45) is 7.05 Å². The fourth-order valence-corrected chi connectivity index (χ4v) is 2.49. The van der Waals surface area contributed by atoms with Crippen molar-refractivity contribution in [1.29, 1.82) is 0 Å². The molecule has 0 saturated carbocycles. The molecule has 6 nitrogen and oxygen atoms in total. The predicted molar refractivity (Wildman–Crippen MR) is 84.7 cm³/mol. The highest BCUT2D eigenvalue weighted by Crippen LogP contribution is 2.33. The monoisotopic (exact) mass is 296 g/mol. The van der Waals surface area contributed by atoms with Crippen LogP contribution in [-0.2, 0) is 11.8 Å². The van der Waals surface area contributed by atoms with Gasteiger partial charge in [0.05, 0.1) is 11.9 Å². The Morgan fingerprint density at radius 1 is 1.36 bits per heavy atom. The van der Waals surface area contributed by atoms with E-state index in [1.165, 1.54) is 6.92 Å². The van der Waals surface area contributed by atoms with Gasteiger partial charge in [-0.15, -0.1) is 0 Å². The van der Waals surface area contributed by atoms with E-state index in [2.05, 4.69) is 15.4 Å². The van der Waals surface area contributed by atoms with E-state index in [4.69, 9.17) is 0 Å². The normalized spacial score (nSPS) is 10.9. The molecule has 0 unspecified atom stereocenters. The van der Waals surface area contributed by atoms with Crippen LogP contribution in [0.1, 0.15) is 12.5 Å². The molecule has 6 heteroatoms. The van der Waals surface area contributed by atoms with Crippen molar-refractivity contribution >= 4 is 22.6 Å². The van der Waals surface area contributed by atoms with Gasteiger partial charge in [-0.2, -0.15) is 5.10 Å². The summed E-state index contributed by atoms with van der Waals surface area (Å²) in [6.07, 6.45) is 1.60. The number of aromatic hydroxyl groups is 1. The number of fused-ring (bicyclic) bond motifs is 1. The van der Waals surface area contributed by atoms with Gasteiger partial charge in [0, 0.05) is 30.5 Å². The standard InChI is InChI=1S/C16H16N4O2/c1-9-12(5-4-6-14(9)22)15-13-7-11(18-10(2)21)8-17-16(13)20(3)19-15/h4-8,22H,1-3H3,(H,18,21). The molecule has 112 valence electrons. The lowest BCUT2D eigenvalue weighted by Gasteiger charge is -2.06. The van der Waals surface area contributed by atoms with Crippen LogP contribution in [0.4, 0.5) is 5.69 Å². The Labute approximate surface area is 127 Å². The summed E-state index contributed by atoms with van der Waals surface area (Å²) < 4.78 is 1.69. The largest absolute Gasteiger partial charge is 0.508 e. The number of hydrogen-bond acceptors (Lipinski definition) is 4. The molecule has 0 aliphatic heterocycles. The molecule has 0 spiro atoms. The first-order valence-corrected chi connectivity index (χ1v) is 6.86. The molecule has 0 atom stereocenters. The Kier molecular flexibility index (Phi) is 3.29. The first-order valence-electron chi connectivity index (χ1n) is 6.86. The molecule has 0 aliphatic rings. The molecule has 0 fully saturated rings. The number of benzene rings is 1. The van der Waals surface area contributed by atoms with E-state index in [-0.39, 0.29) is 11.7 Å². The number of phenols is 1. The van der Waals surface area contributed by atoms with Crippen molar-refractivity contribution in [3.05, 3.63) is 36.0 Å². The van der Waals surface area contributed by atoms with Gasteiger partial charge < -0.3 is 10.4 Å². The van der Waals surface area contributed by atoms with E-state index >= 15 is 0 Å². The summed E-state index contributed by atoms with van der Waals surface area (Å²) in [6, 6.07) is 7.17. The third-order valence-electron chi connectivity index (χ3n) is 3.56. The van der Waals surface area contributed by atoms with Gasteiger partial charge in [0.15, 0.2) is 5.65 Å². The Morgan fingerprint density at radius 2 is 2.14 bits per heavy atom. The van der Waals surface area contributed by atoms with Crippen LogP contribution in [0, 0.1) is 6.92 Å². The Balaban J connectivity index is 2.25. The smallest absolute Gasteiger partial charge is 0.221 e. The van der Waals surface area contributed by atoms with Crippen LogP contribution in [0.3, 0.4) is 0 Å². The van der Waals surface area contributed by atoms with Crippen LogP contribution in [-0.4, -0.2) is 25.8 Å². The molecule has 22 heavy (non-hydrogen) atoms. The van der Waals surface area contributed by atoms with Crippen LogP contribution in [0.15, 0.2) is 30.5 Å². The van der Waals surface area contributed by atoms with E-state index in [0.717, 1.165) is 22.2 Å². The summed E-state index contributed by atoms with van der Waals surface area (Å²) in [4.78, 5) is 15.6. The number of amides is 1. The molecule has 1 amide bonds. The molecular weight excluding hydrogens is 280 g/mol. The lowest BCUT2D eigenvalue weighted by atomic mass is 10.0. The number of phenolic OH excluding ortho intramolecular Hbond substituents is 1. The predicted octanol–water partition coefficient (Wildman–Crippen LogP) is 2.61. The minimum atomic E-state index is -0.153. The third-order valence-corrected chi connectivity index (χ3v) is 3.56. The maximum absolute atomic E-state index is 11.2. The van der Waals surface area contributed by atoms with Crippen molar-refractivity contribution in [2.75, 3.05) is 5.32 Å². The lowest BCUT2D eigenvalue weighted by molar-refractivity contribution is -0.114. The number of nitrogens with zero attached hydrogens (tertiary/aromatic N) is 3. The number of hydrogen-bond donors (Lipinski definition) is 2. The highest BCUT2D eigenvalue weighted by molar-refractivity contribution is 5.96. The van der Waals surface area contributed by atoms with Crippen molar-refractivity contribution < 1.29 is 9.90 Å². The summed E-state index contributed by atoms with van der Waals surface area (Å²) in [5.41, 5.74) is 3.66. The van der Waals surface area contributed by atoms with E-state index < -0.39 is 0 Å². The Hall–Kier alpha value is -2.89. The fraction of sp³-hybridized carbons (Fsp3) is 0.188. The molecule has 2 heterocycles. The summed E-state index contributed by atoms with van der Waals surface area (Å²) in [6.45, 7) is 3.30. The third kappa shape index (κ3) is 2.28. The van der Waals surface area contributed by atoms with Crippen LogP contribution in [0.25, 0.3) is 22.3 Å². The molecule has 0 saturated heterocycles. The molecule has 3 aromatic rings. The highest BCUT2D eigenvalue weighted by Gasteiger charge is 2.15. The second-order valence-corrected chi connectivity index (χ2v) is 5.20. The van der Waals surface area contributed by atoms with Crippen molar-refractivity contribution in [2.45, 2.75) is 13.8 Å². The summed E-state index contributed by atoms with van der Waals surface area (Å²) in [5.74, 6) is 0.0717. The molecule has 2 N–H and O–H groups in total. The minimum Gasteiger partial charge on any atom is -0.508 e. The summed E-state index contributed by atoms with van der Waals surface area (Å²) in [5, 5.41) is 18.0. The lowest BCUT2D eigenvalue weighted by Crippen LogP contribution is -2.05. The fourth-order valence-electron chi connectivity index (χ4n) is 2.49. The van der Waals surface area contributed by atoms with Crippen LogP contribution < -0.4 is 5.32 Å². The van der Waals surface area contributed by atoms with Crippen molar-refractivity contribution in [3.8, 4) is 17.0 Å². The van der Waals surface area contributed by atoms with Gasteiger partial charge in [-0.25, -0.2) is 9.67 Å². The topological polar surface area (TPSA) is 80.0 Å². The van der Waals surface area contributed by atoms with Crippen LogP contribution >= 0.6 is 0 Å². The van der Waals surface area contributed by atoms with Gasteiger partial charge in [0.2, 0.25) is 5.91 Å². The van der Waals surface area contributed by atoms with Crippen molar-refractivity contribution in [3.63, 3.8) is 0 Å². The minimum absolute atomic E-state index is 0.153. The molecular formula is C16H16N4O2. The van der Waals surface area contributed by atoms with Gasteiger partial charge in [-0.05, 0) is 19.1 Å². The first kappa shape index (κ1) is 14.1. The number of rotatable bonds is 2. The van der Waals surface area contributed by atoms with E-state index in [9.17, 15) is 9.90 Å². The quantitative estimate of drug-likeness (QED) is 0.761. The molecule has 0 bridgehead atoms. The number of carbonyl (C=O) groups is 1. The highest BCUT2D eigenvalue weighted by atomic mass is 16.3. The second kappa shape index (κ2) is 5.14. The maximum atomic E-state index is 11.2. The second-order valence-electron chi connectivity index (χ2n) is 5.20. The zero-order chi connectivity index (χ0) is 15.9. The number of aryl methyl sites for hydroxylation is 1. The summed E-state index contributed by atoms with van der Waals surface area (Å²) >= 11 is 0. The first-order chi connectivity index (χ1) is 10.5. The summed E-state index contributed by atoms with van der Waals surface area (Å²) in [7, 11) is 1.81. The van der Waals surface area contributed by atoms with Gasteiger partial charge in [0.1, 0.15) is 11.4 Å². The Bertz CT molecular complexity index is 883. The zero-order valence-corrected chi connectivity index (χ0v) is 12.6. The number of aromatic nitrogens is 3. The van der Waals surface area contributed by atoms with Crippen molar-refractivity contribution in [1.82, 2.24) is 14.8 Å². The molecule has 0 radical (unpaired) electrons.